The Balaban J connectivity index is 3.53. The van der Waals surface area contributed by atoms with Crippen molar-refractivity contribution in [3.8, 4) is 0 Å². The molecule has 0 aromatic carbocycles. The van der Waals surface area contributed by atoms with Gasteiger partial charge in [-0.15, -0.1) is 0 Å². The van der Waals surface area contributed by atoms with Crippen LogP contribution in [0, 0.1) is 5.92 Å². The molecule has 282 valence electrons. The van der Waals surface area contributed by atoms with E-state index in [1.165, 1.54) is 0 Å². The fourth-order valence-corrected chi connectivity index (χ4v) is 4.73. The van der Waals surface area contributed by atoms with E-state index in [1.54, 1.807) is 13.8 Å². The molecule has 1 heterocycles. The Kier molecular flexibility index (Phi) is 20.2. The van der Waals surface area contributed by atoms with Crippen molar-refractivity contribution in [1.29, 1.82) is 0 Å². The van der Waals surface area contributed by atoms with Crippen molar-refractivity contribution in [3.63, 3.8) is 0 Å². The number of aliphatic hydroxyl groups excluding tert-OH is 11. The summed E-state index contributed by atoms with van der Waals surface area (Å²) in [4.78, 5) is 0. The number of rotatable bonds is 28. The van der Waals surface area contributed by atoms with Crippen LogP contribution < -0.4 is 0 Å². The topological polar surface area (TPSA) is 296 Å². The van der Waals surface area contributed by atoms with Crippen LogP contribution in [0.3, 0.4) is 0 Å². The molecular formula is C28H56O19. The van der Waals surface area contributed by atoms with Gasteiger partial charge in [-0.2, -0.15) is 0 Å². The highest BCUT2D eigenvalue weighted by atomic mass is 16.8. The Morgan fingerprint density at radius 3 is 1.45 bits per heavy atom. The number of hydrogen-bond donors (Lipinski definition) is 11. The van der Waals surface area contributed by atoms with Crippen molar-refractivity contribution in [2.45, 2.75) is 80.4 Å². The minimum absolute atomic E-state index is 0.0308. The molecule has 0 spiro atoms. The number of methoxy groups -OCH3 is 1. The second kappa shape index (κ2) is 21.5. The second-order valence-corrected chi connectivity index (χ2v) is 11.1. The lowest BCUT2D eigenvalue weighted by Gasteiger charge is -2.41. The highest BCUT2D eigenvalue weighted by molar-refractivity contribution is 4.98. The maximum absolute atomic E-state index is 11.7. The van der Waals surface area contributed by atoms with Crippen LogP contribution in [-0.4, -0.2) is 203 Å². The average Bonchev–Trinajstić information content (AvgIpc) is 3.39. The molecule has 5 unspecified atom stereocenters. The maximum atomic E-state index is 11.7. The molecular weight excluding hydrogens is 640 g/mol. The third-order valence-corrected chi connectivity index (χ3v) is 8.01. The van der Waals surface area contributed by atoms with Gasteiger partial charge in [0.25, 0.3) is 0 Å². The molecule has 1 aliphatic rings. The van der Waals surface area contributed by atoms with Gasteiger partial charge in [0.15, 0.2) is 11.6 Å². The molecule has 1 rings (SSSR count). The summed E-state index contributed by atoms with van der Waals surface area (Å²) < 4.78 is 45.9. The first-order valence-electron chi connectivity index (χ1n) is 15.4. The van der Waals surface area contributed by atoms with Crippen LogP contribution in [0.1, 0.15) is 26.7 Å². The van der Waals surface area contributed by atoms with Crippen molar-refractivity contribution >= 4 is 0 Å². The molecule has 0 radical (unpaired) electrons. The van der Waals surface area contributed by atoms with Crippen LogP contribution in [0.15, 0.2) is 0 Å². The van der Waals surface area contributed by atoms with E-state index < -0.39 is 145 Å². The molecule has 0 aliphatic carbocycles. The molecule has 19 heteroatoms. The van der Waals surface area contributed by atoms with Crippen molar-refractivity contribution in [3.05, 3.63) is 0 Å². The van der Waals surface area contributed by atoms with Gasteiger partial charge in [-0.05, 0) is 0 Å². The Hall–Kier alpha value is -0.760. The number of aliphatic hydroxyl groups is 11. The Bertz CT molecular complexity index is 763. The third-order valence-electron chi connectivity index (χ3n) is 8.01. The summed E-state index contributed by atoms with van der Waals surface area (Å²) in [6.45, 7) is -5.62. The first-order chi connectivity index (χ1) is 22.4. The Morgan fingerprint density at radius 1 is 0.660 bits per heavy atom. The predicted octanol–water partition coefficient (Wildman–Crippen LogP) is -5.26. The van der Waals surface area contributed by atoms with Gasteiger partial charge in [-0.3, -0.25) is 0 Å². The van der Waals surface area contributed by atoms with Gasteiger partial charge in [0.2, 0.25) is 11.6 Å². The van der Waals surface area contributed by atoms with Gasteiger partial charge >= 0.3 is 0 Å². The van der Waals surface area contributed by atoms with Crippen LogP contribution in [0.2, 0.25) is 0 Å². The third kappa shape index (κ3) is 11.6. The van der Waals surface area contributed by atoms with Crippen LogP contribution in [0.5, 0.6) is 0 Å². The van der Waals surface area contributed by atoms with Gasteiger partial charge in [-0.25, -0.2) is 0 Å². The largest absolute Gasteiger partial charge is 0.394 e. The quantitative estimate of drug-likeness (QED) is 0.0341. The van der Waals surface area contributed by atoms with E-state index in [2.05, 4.69) is 0 Å². The van der Waals surface area contributed by atoms with Crippen LogP contribution >= 0.6 is 0 Å². The highest BCUT2D eigenvalue weighted by Gasteiger charge is 2.58. The molecule has 1 saturated heterocycles. The standard InChI is InChI=1S/C28H56O19/c1-4-25(14-36,44-19(6-29)7-30)41-13-22-23(12-35)47-28(24(22)39,18-42-26(5-2,15-37)45-20(8-31)9-32)43-17-27(16-38,40-3)46-21(10-33)11-34/h19-24,29-39H,4-18H2,1-3H3/t22?,23-,24?,25?,26?,27?,28-/m1/s1. The van der Waals surface area contributed by atoms with Gasteiger partial charge in [0.05, 0.1) is 78.8 Å². The molecule has 47 heavy (non-hydrogen) atoms. The summed E-state index contributed by atoms with van der Waals surface area (Å²) in [6.07, 6.45) is -6.49. The van der Waals surface area contributed by atoms with Gasteiger partial charge < -0.3 is 94.1 Å². The van der Waals surface area contributed by atoms with E-state index in [0.717, 1.165) is 7.11 Å². The fourth-order valence-electron chi connectivity index (χ4n) is 4.73. The molecule has 0 aromatic rings. The van der Waals surface area contributed by atoms with Crippen LogP contribution in [0.4, 0.5) is 0 Å². The molecule has 11 N–H and O–H groups in total. The average molecular weight is 697 g/mol. The lowest BCUT2D eigenvalue weighted by molar-refractivity contribution is -0.367. The zero-order chi connectivity index (χ0) is 35.7. The fraction of sp³-hybridized carbons (Fsp3) is 1.00. The highest BCUT2D eigenvalue weighted by Crippen LogP contribution is 2.40. The van der Waals surface area contributed by atoms with E-state index in [4.69, 9.17) is 37.9 Å². The molecule has 0 amide bonds. The summed E-state index contributed by atoms with van der Waals surface area (Å²) in [7, 11) is 1.14. The molecule has 19 nitrogen and oxygen atoms in total. The van der Waals surface area contributed by atoms with Gasteiger partial charge in [-0.1, -0.05) is 13.8 Å². The summed E-state index contributed by atoms with van der Waals surface area (Å²) in [5.41, 5.74) is 0. The van der Waals surface area contributed by atoms with Crippen molar-refractivity contribution in [2.24, 2.45) is 5.92 Å². The SMILES string of the molecule is CCC(CO)(OCC1C(O)[C@](COC(CC)(CO)OC(CO)CO)(OCC(CO)(OC)OC(CO)CO)O[C@@H]1CO)OC(CO)CO. The van der Waals surface area contributed by atoms with E-state index in [9.17, 15) is 56.2 Å². The lowest BCUT2D eigenvalue weighted by Crippen LogP contribution is -2.57. The van der Waals surface area contributed by atoms with E-state index in [1.807, 2.05) is 0 Å². The van der Waals surface area contributed by atoms with E-state index in [-0.39, 0.29) is 12.8 Å². The summed E-state index contributed by atoms with van der Waals surface area (Å²) in [6, 6.07) is 0. The van der Waals surface area contributed by atoms with Crippen molar-refractivity contribution in [1.82, 2.24) is 0 Å². The Morgan fingerprint density at radius 2 is 1.09 bits per heavy atom. The predicted molar refractivity (Wildman–Crippen MR) is 156 cm³/mol. The Labute approximate surface area is 273 Å². The van der Waals surface area contributed by atoms with Gasteiger partial charge in [0, 0.05) is 25.9 Å². The zero-order valence-electron chi connectivity index (χ0n) is 27.3. The van der Waals surface area contributed by atoms with Crippen molar-refractivity contribution < 1.29 is 94.1 Å². The van der Waals surface area contributed by atoms with Crippen molar-refractivity contribution in [2.75, 3.05) is 93.0 Å². The monoisotopic (exact) mass is 696 g/mol. The molecule has 7 atom stereocenters. The van der Waals surface area contributed by atoms with E-state index in [0.29, 0.717) is 0 Å². The first kappa shape index (κ1) is 44.3. The minimum Gasteiger partial charge on any atom is -0.394 e. The maximum Gasteiger partial charge on any atom is 0.219 e. The number of hydrogen-bond acceptors (Lipinski definition) is 19. The number of ether oxygens (including phenoxy) is 8. The van der Waals surface area contributed by atoms with Crippen LogP contribution in [-0.2, 0) is 37.9 Å². The molecule has 1 aliphatic heterocycles. The van der Waals surface area contributed by atoms with E-state index >= 15 is 0 Å². The van der Waals surface area contributed by atoms with Crippen LogP contribution in [0.25, 0.3) is 0 Å². The molecule has 0 saturated carbocycles. The zero-order valence-corrected chi connectivity index (χ0v) is 27.3. The molecule has 0 bridgehead atoms. The summed E-state index contributed by atoms with van der Waals surface area (Å²) in [5.74, 6) is -9.05. The molecule has 0 aromatic heterocycles. The smallest absolute Gasteiger partial charge is 0.219 e. The summed E-state index contributed by atoms with van der Waals surface area (Å²) >= 11 is 0. The normalized spacial score (nSPS) is 25.9. The lowest BCUT2D eigenvalue weighted by atomic mass is 9.95. The minimum atomic E-state index is -2.27. The van der Waals surface area contributed by atoms with Gasteiger partial charge in [0.1, 0.15) is 37.6 Å². The first-order valence-corrected chi connectivity index (χ1v) is 15.4. The molecule has 1 fully saturated rings. The summed E-state index contributed by atoms with van der Waals surface area (Å²) in [5, 5.41) is 110. The second-order valence-electron chi connectivity index (χ2n) is 11.1.